The van der Waals surface area contributed by atoms with Gasteiger partial charge in [0.15, 0.2) is 0 Å². The molecule has 2 aromatic rings. The monoisotopic (exact) mass is 316 g/mol. The van der Waals surface area contributed by atoms with Gasteiger partial charge in [0.05, 0.1) is 6.04 Å². The van der Waals surface area contributed by atoms with Crippen molar-refractivity contribution < 1.29 is 9.00 Å². The standard InChI is InChI=1S/C17H20N2O2S/c1-12-6-4-5-7-16(12)13(2)18-17(20)19-14-8-10-15(11-9-14)22(3)21/h4-11,13H,1-3H3,(H2,18,19,20)/t13-,22+/m0/s1. The molecule has 0 fully saturated rings. The summed E-state index contributed by atoms with van der Waals surface area (Å²) in [4.78, 5) is 12.8. The molecule has 2 aromatic carbocycles. The molecule has 0 aliphatic heterocycles. The largest absolute Gasteiger partial charge is 0.331 e. The molecule has 2 atom stereocenters. The molecule has 22 heavy (non-hydrogen) atoms. The SMILES string of the molecule is Cc1ccccc1[C@H](C)NC(=O)Nc1ccc([S@@](C)=O)cc1. The fourth-order valence-electron chi connectivity index (χ4n) is 2.24. The number of benzene rings is 2. The minimum Gasteiger partial charge on any atom is -0.331 e. The number of amides is 2. The quantitative estimate of drug-likeness (QED) is 0.905. The number of anilines is 1. The van der Waals surface area contributed by atoms with E-state index in [2.05, 4.69) is 10.6 Å². The maximum atomic E-state index is 12.0. The first kappa shape index (κ1) is 16.2. The van der Waals surface area contributed by atoms with Crippen LogP contribution in [0.15, 0.2) is 53.4 Å². The van der Waals surface area contributed by atoms with E-state index in [1.54, 1.807) is 30.5 Å². The molecule has 4 nitrogen and oxygen atoms in total. The van der Waals surface area contributed by atoms with E-state index in [1.165, 1.54) is 0 Å². The van der Waals surface area contributed by atoms with Crippen LogP contribution in [0.3, 0.4) is 0 Å². The molecular formula is C17H20N2O2S. The van der Waals surface area contributed by atoms with Crippen LogP contribution in [0.25, 0.3) is 0 Å². The van der Waals surface area contributed by atoms with Crippen LogP contribution < -0.4 is 10.6 Å². The van der Waals surface area contributed by atoms with Crippen molar-refractivity contribution in [3.8, 4) is 0 Å². The van der Waals surface area contributed by atoms with E-state index >= 15 is 0 Å². The third kappa shape index (κ3) is 4.18. The highest BCUT2D eigenvalue weighted by Gasteiger charge is 2.11. The molecule has 116 valence electrons. The number of aryl methyl sites for hydroxylation is 1. The highest BCUT2D eigenvalue weighted by molar-refractivity contribution is 7.84. The van der Waals surface area contributed by atoms with Crippen molar-refractivity contribution >= 4 is 22.5 Å². The molecular weight excluding hydrogens is 296 g/mol. The summed E-state index contributed by atoms with van der Waals surface area (Å²) >= 11 is 0. The Kier molecular flexibility index (Phi) is 5.33. The predicted octanol–water partition coefficient (Wildman–Crippen LogP) is 3.62. The molecule has 0 aliphatic carbocycles. The molecule has 0 spiro atoms. The lowest BCUT2D eigenvalue weighted by molar-refractivity contribution is 0.249. The lowest BCUT2D eigenvalue weighted by atomic mass is 10.0. The van der Waals surface area contributed by atoms with Gasteiger partial charge in [0.25, 0.3) is 0 Å². The first-order valence-electron chi connectivity index (χ1n) is 7.04. The van der Waals surface area contributed by atoms with Gasteiger partial charge in [-0.3, -0.25) is 4.21 Å². The van der Waals surface area contributed by atoms with Crippen LogP contribution in [0.4, 0.5) is 10.5 Å². The highest BCUT2D eigenvalue weighted by Crippen LogP contribution is 2.17. The normalized spacial score (nSPS) is 13.2. The van der Waals surface area contributed by atoms with Crippen molar-refractivity contribution in [2.75, 3.05) is 11.6 Å². The van der Waals surface area contributed by atoms with Crippen molar-refractivity contribution in [3.63, 3.8) is 0 Å². The topological polar surface area (TPSA) is 58.2 Å². The Balaban J connectivity index is 1.98. The van der Waals surface area contributed by atoms with Crippen molar-refractivity contribution in [1.82, 2.24) is 5.32 Å². The second kappa shape index (κ2) is 7.22. The second-order valence-electron chi connectivity index (χ2n) is 5.16. The van der Waals surface area contributed by atoms with Crippen LogP contribution in [-0.2, 0) is 10.8 Å². The molecule has 0 aliphatic rings. The zero-order valence-corrected chi connectivity index (χ0v) is 13.7. The smallest absolute Gasteiger partial charge is 0.319 e. The number of urea groups is 1. The van der Waals surface area contributed by atoms with Gasteiger partial charge in [-0.25, -0.2) is 4.79 Å². The molecule has 5 heteroatoms. The molecule has 0 radical (unpaired) electrons. The van der Waals surface area contributed by atoms with E-state index < -0.39 is 10.8 Å². The summed E-state index contributed by atoms with van der Waals surface area (Å²) in [5.41, 5.74) is 2.91. The van der Waals surface area contributed by atoms with Crippen molar-refractivity contribution in [1.29, 1.82) is 0 Å². The fourth-order valence-corrected chi connectivity index (χ4v) is 2.76. The lowest BCUT2D eigenvalue weighted by Crippen LogP contribution is -2.31. The molecule has 2 amide bonds. The zero-order chi connectivity index (χ0) is 16.1. The Morgan fingerprint density at radius 2 is 1.73 bits per heavy atom. The Bertz CT molecular complexity index is 683. The Hall–Kier alpha value is -2.14. The number of carbonyl (C=O) groups excluding carboxylic acids is 1. The summed E-state index contributed by atoms with van der Waals surface area (Å²) in [7, 11) is -1.01. The van der Waals surface area contributed by atoms with Crippen LogP contribution in [0, 0.1) is 6.92 Å². The molecule has 0 aromatic heterocycles. The first-order valence-corrected chi connectivity index (χ1v) is 8.59. The second-order valence-corrected chi connectivity index (χ2v) is 6.53. The average molecular weight is 316 g/mol. The van der Waals surface area contributed by atoms with Gasteiger partial charge < -0.3 is 10.6 Å². The number of hydrogen-bond donors (Lipinski definition) is 2. The maximum Gasteiger partial charge on any atom is 0.319 e. The van der Waals surface area contributed by atoms with E-state index in [4.69, 9.17) is 0 Å². The maximum absolute atomic E-state index is 12.0. The predicted molar refractivity (Wildman–Crippen MR) is 90.5 cm³/mol. The number of carbonyl (C=O) groups is 1. The summed E-state index contributed by atoms with van der Waals surface area (Å²) < 4.78 is 11.3. The highest BCUT2D eigenvalue weighted by atomic mass is 32.2. The summed E-state index contributed by atoms with van der Waals surface area (Å²) in [5.74, 6) is 0. The van der Waals surface area contributed by atoms with Gasteiger partial charge in [-0.05, 0) is 49.2 Å². The van der Waals surface area contributed by atoms with E-state index in [0.717, 1.165) is 16.0 Å². The molecule has 0 heterocycles. The molecule has 0 bridgehead atoms. The number of nitrogens with one attached hydrogen (secondary N) is 2. The number of rotatable bonds is 4. The van der Waals surface area contributed by atoms with Crippen molar-refractivity contribution in [2.45, 2.75) is 24.8 Å². The van der Waals surface area contributed by atoms with Crippen LogP contribution in [0.2, 0.25) is 0 Å². The molecule has 0 saturated carbocycles. The molecule has 0 unspecified atom stereocenters. The third-order valence-corrected chi connectivity index (χ3v) is 4.38. The van der Waals surface area contributed by atoms with E-state index in [1.807, 2.05) is 38.1 Å². The molecule has 2 rings (SSSR count). The Morgan fingerprint density at radius 1 is 1.09 bits per heavy atom. The third-order valence-electron chi connectivity index (χ3n) is 3.45. The first-order chi connectivity index (χ1) is 10.5. The Labute approximate surface area is 133 Å². The van der Waals surface area contributed by atoms with Crippen molar-refractivity contribution in [3.05, 3.63) is 59.7 Å². The van der Waals surface area contributed by atoms with Gasteiger partial charge in [-0.15, -0.1) is 0 Å². The van der Waals surface area contributed by atoms with Crippen LogP contribution >= 0.6 is 0 Å². The van der Waals surface area contributed by atoms with E-state index in [9.17, 15) is 9.00 Å². The molecule has 0 saturated heterocycles. The molecule has 2 N–H and O–H groups in total. The van der Waals surface area contributed by atoms with Gasteiger partial charge in [0.2, 0.25) is 0 Å². The number of hydrogen-bond acceptors (Lipinski definition) is 2. The summed E-state index contributed by atoms with van der Waals surface area (Å²) in [6.07, 6.45) is 1.62. The average Bonchev–Trinajstić information content (AvgIpc) is 2.48. The summed E-state index contributed by atoms with van der Waals surface area (Å²) in [6.45, 7) is 3.97. The van der Waals surface area contributed by atoms with Crippen molar-refractivity contribution in [2.24, 2.45) is 0 Å². The van der Waals surface area contributed by atoms with Gasteiger partial charge in [0.1, 0.15) is 0 Å². The fraction of sp³-hybridized carbons (Fsp3) is 0.235. The minimum atomic E-state index is -1.01. The van der Waals surface area contributed by atoms with Gasteiger partial charge in [-0.2, -0.15) is 0 Å². The summed E-state index contributed by atoms with van der Waals surface area (Å²) in [5, 5.41) is 5.69. The van der Waals surface area contributed by atoms with Crippen LogP contribution in [-0.4, -0.2) is 16.5 Å². The zero-order valence-electron chi connectivity index (χ0n) is 12.9. The van der Waals surface area contributed by atoms with Crippen LogP contribution in [0.5, 0.6) is 0 Å². The van der Waals surface area contributed by atoms with Gasteiger partial charge in [-0.1, -0.05) is 24.3 Å². The van der Waals surface area contributed by atoms with Gasteiger partial charge >= 0.3 is 6.03 Å². The summed E-state index contributed by atoms with van der Waals surface area (Å²) in [6, 6.07) is 14.6. The minimum absolute atomic E-state index is 0.0800. The lowest BCUT2D eigenvalue weighted by Gasteiger charge is -2.17. The van der Waals surface area contributed by atoms with E-state index in [0.29, 0.717) is 5.69 Å². The van der Waals surface area contributed by atoms with E-state index in [-0.39, 0.29) is 12.1 Å². The Morgan fingerprint density at radius 3 is 2.32 bits per heavy atom. The van der Waals surface area contributed by atoms with Crippen LogP contribution in [0.1, 0.15) is 24.1 Å². The van der Waals surface area contributed by atoms with Gasteiger partial charge in [0, 0.05) is 27.6 Å².